The number of hydrogen-bond acceptors (Lipinski definition) is 4. The van der Waals surface area contributed by atoms with Gasteiger partial charge in [-0.25, -0.2) is 4.68 Å². The zero-order valence-corrected chi connectivity index (χ0v) is 14.9. The molecule has 0 unspecified atom stereocenters. The molecule has 0 fully saturated rings. The molecule has 4 nitrogen and oxygen atoms in total. The molecule has 0 radical (unpaired) electrons. The lowest BCUT2D eigenvalue weighted by Crippen LogP contribution is -2.25. The van der Waals surface area contributed by atoms with E-state index in [1.54, 1.807) is 23.1 Å². The lowest BCUT2D eigenvalue weighted by atomic mass is 9.87. The standard InChI is InChI=1S/C18H17N3OS2/c1-23-13-6-4-12(5-7-13)15-9-17(22)20-18-16(15)10-19-21(18)11-14-3-2-8-24-14/h2-8,10,15H,9,11H2,1H3,(H,20,22)/t15-/m0/s1. The third-order valence-corrected chi connectivity index (χ3v) is 5.90. The molecule has 0 saturated carbocycles. The highest BCUT2D eigenvalue weighted by molar-refractivity contribution is 7.98. The Morgan fingerprint density at radius 1 is 1.33 bits per heavy atom. The van der Waals surface area contributed by atoms with Gasteiger partial charge in [0.25, 0.3) is 0 Å². The Hall–Kier alpha value is -2.05. The van der Waals surface area contributed by atoms with Crippen molar-refractivity contribution < 1.29 is 4.79 Å². The van der Waals surface area contributed by atoms with Gasteiger partial charge in [-0.3, -0.25) is 4.79 Å². The number of thioether (sulfide) groups is 1. The van der Waals surface area contributed by atoms with Crippen LogP contribution in [-0.4, -0.2) is 21.9 Å². The smallest absolute Gasteiger partial charge is 0.226 e. The summed E-state index contributed by atoms with van der Waals surface area (Å²) in [6.07, 6.45) is 4.43. The molecule has 122 valence electrons. The largest absolute Gasteiger partial charge is 0.311 e. The Morgan fingerprint density at radius 3 is 2.88 bits per heavy atom. The summed E-state index contributed by atoms with van der Waals surface area (Å²) in [4.78, 5) is 14.7. The van der Waals surface area contributed by atoms with Crippen molar-refractivity contribution in [1.82, 2.24) is 9.78 Å². The molecule has 1 amide bonds. The second kappa shape index (κ2) is 6.45. The topological polar surface area (TPSA) is 46.9 Å². The first-order chi connectivity index (χ1) is 11.7. The summed E-state index contributed by atoms with van der Waals surface area (Å²) >= 11 is 3.42. The molecular formula is C18H17N3OS2. The van der Waals surface area contributed by atoms with Crippen molar-refractivity contribution in [2.45, 2.75) is 23.8 Å². The van der Waals surface area contributed by atoms with Crippen LogP contribution in [0, 0.1) is 0 Å². The highest BCUT2D eigenvalue weighted by atomic mass is 32.2. The molecule has 1 atom stereocenters. The summed E-state index contributed by atoms with van der Waals surface area (Å²) in [7, 11) is 0. The zero-order valence-electron chi connectivity index (χ0n) is 13.2. The van der Waals surface area contributed by atoms with Crippen LogP contribution in [0.25, 0.3) is 0 Å². The highest BCUT2D eigenvalue weighted by Gasteiger charge is 2.29. The van der Waals surface area contributed by atoms with Crippen LogP contribution in [0.3, 0.4) is 0 Å². The van der Waals surface area contributed by atoms with Crippen LogP contribution in [0.4, 0.5) is 5.82 Å². The van der Waals surface area contributed by atoms with E-state index in [1.807, 2.05) is 16.9 Å². The van der Waals surface area contributed by atoms with Gasteiger partial charge in [0.15, 0.2) is 0 Å². The number of hydrogen-bond donors (Lipinski definition) is 1. The van der Waals surface area contributed by atoms with Crippen molar-refractivity contribution in [3.8, 4) is 0 Å². The molecule has 1 aromatic carbocycles. The fraction of sp³-hybridized carbons (Fsp3) is 0.222. The van der Waals surface area contributed by atoms with Crippen LogP contribution in [0.5, 0.6) is 0 Å². The van der Waals surface area contributed by atoms with Gasteiger partial charge < -0.3 is 5.32 Å². The first kappa shape index (κ1) is 15.5. The van der Waals surface area contributed by atoms with Gasteiger partial charge in [-0.1, -0.05) is 18.2 Å². The zero-order chi connectivity index (χ0) is 16.5. The third kappa shape index (κ3) is 2.87. The van der Waals surface area contributed by atoms with Gasteiger partial charge in [0.05, 0.1) is 12.7 Å². The predicted molar refractivity (Wildman–Crippen MR) is 99.0 cm³/mol. The van der Waals surface area contributed by atoms with Crippen LogP contribution < -0.4 is 5.32 Å². The van der Waals surface area contributed by atoms with Gasteiger partial charge in [0.2, 0.25) is 5.91 Å². The van der Waals surface area contributed by atoms with Gasteiger partial charge >= 0.3 is 0 Å². The average Bonchev–Trinajstić information content (AvgIpc) is 3.25. The van der Waals surface area contributed by atoms with E-state index in [0.29, 0.717) is 13.0 Å². The summed E-state index contributed by atoms with van der Waals surface area (Å²) in [5.41, 5.74) is 2.27. The second-order valence-electron chi connectivity index (χ2n) is 5.76. The molecule has 0 bridgehead atoms. The van der Waals surface area contributed by atoms with Crippen molar-refractivity contribution in [2.75, 3.05) is 11.6 Å². The van der Waals surface area contributed by atoms with E-state index in [2.05, 4.69) is 52.4 Å². The first-order valence-electron chi connectivity index (χ1n) is 7.76. The summed E-state index contributed by atoms with van der Waals surface area (Å²) in [5, 5.41) is 9.58. The lowest BCUT2D eigenvalue weighted by Gasteiger charge is -2.24. The number of rotatable bonds is 4. The molecule has 0 aliphatic carbocycles. The van der Waals surface area contributed by atoms with Crippen molar-refractivity contribution in [1.29, 1.82) is 0 Å². The number of amides is 1. The number of aromatic nitrogens is 2. The Morgan fingerprint density at radius 2 is 2.17 bits per heavy atom. The number of carbonyl (C=O) groups excluding carboxylic acids is 1. The van der Waals surface area contributed by atoms with Gasteiger partial charge in [0, 0.05) is 27.7 Å². The number of nitrogens with zero attached hydrogens (tertiary/aromatic N) is 2. The van der Waals surface area contributed by atoms with E-state index in [4.69, 9.17) is 0 Å². The van der Waals surface area contributed by atoms with E-state index in [9.17, 15) is 4.79 Å². The molecule has 2 aromatic heterocycles. The number of nitrogens with one attached hydrogen (secondary N) is 1. The van der Waals surface area contributed by atoms with E-state index < -0.39 is 0 Å². The van der Waals surface area contributed by atoms with E-state index in [1.165, 1.54) is 15.3 Å². The van der Waals surface area contributed by atoms with Gasteiger partial charge in [0.1, 0.15) is 5.82 Å². The maximum absolute atomic E-state index is 12.2. The van der Waals surface area contributed by atoms with Crippen LogP contribution in [0.15, 0.2) is 52.9 Å². The van der Waals surface area contributed by atoms with Crippen molar-refractivity contribution in [3.63, 3.8) is 0 Å². The Bertz CT molecular complexity index is 853. The fourth-order valence-electron chi connectivity index (χ4n) is 3.07. The van der Waals surface area contributed by atoms with Crippen LogP contribution in [0.1, 0.15) is 28.3 Å². The van der Waals surface area contributed by atoms with Gasteiger partial charge in [-0.15, -0.1) is 23.1 Å². The van der Waals surface area contributed by atoms with Crippen LogP contribution in [0.2, 0.25) is 0 Å². The molecule has 1 aliphatic heterocycles. The minimum absolute atomic E-state index is 0.0503. The number of fused-ring (bicyclic) bond motifs is 1. The quantitative estimate of drug-likeness (QED) is 0.714. The normalized spacial score (nSPS) is 16.7. The lowest BCUT2D eigenvalue weighted by molar-refractivity contribution is -0.116. The number of thiophene rings is 1. The molecular weight excluding hydrogens is 338 g/mol. The number of carbonyl (C=O) groups is 1. The maximum Gasteiger partial charge on any atom is 0.226 e. The molecule has 1 N–H and O–H groups in total. The van der Waals surface area contributed by atoms with Gasteiger partial charge in [-0.2, -0.15) is 5.10 Å². The Labute approximate surface area is 148 Å². The highest BCUT2D eigenvalue weighted by Crippen LogP contribution is 2.37. The third-order valence-electron chi connectivity index (χ3n) is 4.29. The molecule has 6 heteroatoms. The number of benzene rings is 1. The maximum atomic E-state index is 12.2. The molecule has 0 spiro atoms. The molecule has 3 heterocycles. The van der Waals surface area contributed by atoms with Crippen molar-refractivity contribution in [3.05, 3.63) is 64.0 Å². The summed E-state index contributed by atoms with van der Waals surface area (Å²) < 4.78 is 1.89. The van der Waals surface area contributed by atoms with E-state index in [-0.39, 0.29) is 11.8 Å². The minimum Gasteiger partial charge on any atom is -0.311 e. The average molecular weight is 355 g/mol. The summed E-state index contributed by atoms with van der Waals surface area (Å²) in [6.45, 7) is 0.686. The Balaban J connectivity index is 1.69. The molecule has 24 heavy (non-hydrogen) atoms. The number of anilines is 1. The second-order valence-corrected chi connectivity index (χ2v) is 7.68. The van der Waals surface area contributed by atoms with Crippen LogP contribution >= 0.6 is 23.1 Å². The molecule has 0 saturated heterocycles. The van der Waals surface area contributed by atoms with E-state index >= 15 is 0 Å². The SMILES string of the molecule is CSc1ccc([C@@H]2CC(=O)Nc3c2cnn3Cc2cccs2)cc1. The molecule has 4 rings (SSSR count). The monoisotopic (exact) mass is 355 g/mol. The van der Waals surface area contributed by atoms with Crippen LogP contribution in [-0.2, 0) is 11.3 Å². The minimum atomic E-state index is 0.0503. The molecule has 1 aliphatic rings. The summed E-state index contributed by atoms with van der Waals surface area (Å²) in [5.74, 6) is 0.953. The predicted octanol–water partition coefficient (Wildman–Crippen LogP) is 4.19. The fourth-order valence-corrected chi connectivity index (χ4v) is 4.17. The Kier molecular flexibility index (Phi) is 4.16. The van der Waals surface area contributed by atoms with Gasteiger partial charge in [-0.05, 0) is 35.4 Å². The first-order valence-corrected chi connectivity index (χ1v) is 9.87. The summed E-state index contributed by atoms with van der Waals surface area (Å²) in [6, 6.07) is 12.6. The van der Waals surface area contributed by atoms with Crippen molar-refractivity contribution in [2.24, 2.45) is 0 Å². The van der Waals surface area contributed by atoms with E-state index in [0.717, 1.165) is 11.4 Å². The molecule has 3 aromatic rings. The van der Waals surface area contributed by atoms with Crippen molar-refractivity contribution >= 4 is 34.8 Å².